The van der Waals surface area contributed by atoms with Crippen LogP contribution in [-0.4, -0.2) is 18.4 Å². The molecule has 1 aromatic rings. The summed E-state index contributed by atoms with van der Waals surface area (Å²) in [5.74, 6) is 0. The average molecular weight is 229 g/mol. The first-order chi connectivity index (χ1) is 7.47. The Bertz CT molecular complexity index is 448. The van der Waals surface area contributed by atoms with E-state index in [2.05, 4.69) is 9.73 Å². The van der Waals surface area contributed by atoms with Crippen LogP contribution in [0, 0.1) is 0 Å². The molecule has 1 aromatic carbocycles. The molecule has 0 atom stereocenters. The van der Waals surface area contributed by atoms with Gasteiger partial charge in [-0.2, -0.15) is 18.2 Å². The number of benzene rings is 1. The summed E-state index contributed by atoms with van der Waals surface area (Å²) in [4.78, 5) is 14.2. The lowest BCUT2D eigenvalue weighted by Gasteiger charge is -2.06. The van der Waals surface area contributed by atoms with Gasteiger partial charge in [0.2, 0.25) is 0 Å². The van der Waals surface area contributed by atoms with Crippen molar-refractivity contribution in [2.45, 2.75) is 6.18 Å². The Morgan fingerprint density at radius 1 is 1.19 bits per heavy atom. The molecule has 0 unspecified atom stereocenters. The van der Waals surface area contributed by atoms with Crippen LogP contribution in [0.2, 0.25) is 0 Å². The Labute approximate surface area is 88.6 Å². The van der Waals surface area contributed by atoms with E-state index >= 15 is 0 Å². The van der Waals surface area contributed by atoms with E-state index in [1.807, 2.05) is 0 Å². The van der Waals surface area contributed by atoms with Crippen LogP contribution >= 0.6 is 0 Å². The van der Waals surface area contributed by atoms with E-state index in [0.717, 1.165) is 12.1 Å². The number of amides is 1. The minimum atomic E-state index is -4.36. The highest BCUT2D eigenvalue weighted by Crippen LogP contribution is 2.29. The van der Waals surface area contributed by atoms with Gasteiger partial charge in [0.25, 0.3) is 0 Å². The van der Waals surface area contributed by atoms with Crippen LogP contribution in [0.15, 0.2) is 29.3 Å². The van der Waals surface area contributed by atoms with Crippen molar-refractivity contribution in [1.82, 2.24) is 0 Å². The van der Waals surface area contributed by atoms with E-state index in [4.69, 9.17) is 0 Å². The zero-order valence-electron chi connectivity index (χ0n) is 7.91. The second kappa shape index (κ2) is 3.62. The highest BCUT2D eigenvalue weighted by Gasteiger charge is 2.30. The van der Waals surface area contributed by atoms with E-state index in [9.17, 15) is 18.0 Å². The fourth-order valence-corrected chi connectivity index (χ4v) is 1.30. The van der Waals surface area contributed by atoms with Crippen LogP contribution in [-0.2, 0) is 10.9 Å². The van der Waals surface area contributed by atoms with Crippen molar-refractivity contribution < 1.29 is 22.7 Å². The number of cyclic esters (lactones) is 1. The third kappa shape index (κ3) is 2.05. The van der Waals surface area contributed by atoms with Crippen molar-refractivity contribution in [3.8, 4) is 0 Å². The highest BCUT2D eigenvalue weighted by molar-refractivity contribution is 6.09. The highest BCUT2D eigenvalue weighted by atomic mass is 19.4. The molecule has 3 nitrogen and oxygen atoms in total. The molecule has 1 aliphatic heterocycles. The summed E-state index contributed by atoms with van der Waals surface area (Å²) in [6.07, 6.45) is -5.07. The van der Waals surface area contributed by atoms with Crippen LogP contribution in [0.3, 0.4) is 0 Å². The number of aliphatic imine (C=N–C) groups is 1. The maximum atomic E-state index is 12.2. The molecule has 0 bridgehead atoms. The number of rotatable bonds is 1. The first-order valence-electron chi connectivity index (χ1n) is 4.39. The molecule has 6 heteroatoms. The van der Waals surface area contributed by atoms with Gasteiger partial charge in [-0.05, 0) is 17.7 Å². The maximum absolute atomic E-state index is 12.2. The molecule has 84 valence electrons. The Balaban J connectivity index is 2.27. The van der Waals surface area contributed by atoms with Crippen molar-refractivity contribution >= 4 is 11.8 Å². The summed E-state index contributed by atoms with van der Waals surface area (Å²) >= 11 is 0. The van der Waals surface area contributed by atoms with Crippen molar-refractivity contribution in [1.29, 1.82) is 0 Å². The monoisotopic (exact) mass is 229 g/mol. The first-order valence-corrected chi connectivity index (χ1v) is 4.39. The van der Waals surface area contributed by atoms with Gasteiger partial charge in [0, 0.05) is 0 Å². The number of carbonyl (C=O) groups is 1. The van der Waals surface area contributed by atoms with Crippen molar-refractivity contribution in [2.24, 2.45) is 4.99 Å². The molecular formula is C10H6F3NO2. The van der Waals surface area contributed by atoms with Crippen LogP contribution in [0.25, 0.3) is 0 Å². The lowest BCUT2D eigenvalue weighted by atomic mass is 10.1. The van der Waals surface area contributed by atoms with E-state index in [-0.39, 0.29) is 6.61 Å². The zero-order valence-corrected chi connectivity index (χ0v) is 7.91. The third-order valence-corrected chi connectivity index (χ3v) is 2.10. The summed E-state index contributed by atoms with van der Waals surface area (Å²) in [7, 11) is 0. The largest absolute Gasteiger partial charge is 0.441 e. The van der Waals surface area contributed by atoms with E-state index in [1.165, 1.54) is 12.1 Å². The van der Waals surface area contributed by atoms with Crippen molar-refractivity contribution in [3.63, 3.8) is 0 Å². The number of carbonyl (C=O) groups excluding carboxylic acids is 1. The molecule has 0 aliphatic carbocycles. The van der Waals surface area contributed by atoms with Crippen molar-refractivity contribution in [3.05, 3.63) is 35.4 Å². The first kappa shape index (κ1) is 10.7. The van der Waals surface area contributed by atoms with E-state index < -0.39 is 17.8 Å². The fraction of sp³-hybridized carbons (Fsp3) is 0.200. The van der Waals surface area contributed by atoms with Crippen LogP contribution in [0.4, 0.5) is 18.0 Å². The number of ether oxygens (including phenoxy) is 1. The third-order valence-electron chi connectivity index (χ3n) is 2.10. The molecule has 1 aliphatic rings. The Kier molecular flexibility index (Phi) is 2.41. The maximum Gasteiger partial charge on any atom is 0.434 e. The van der Waals surface area contributed by atoms with Gasteiger partial charge in [-0.3, -0.25) is 0 Å². The molecule has 2 rings (SSSR count). The van der Waals surface area contributed by atoms with Gasteiger partial charge in [-0.25, -0.2) is 4.79 Å². The number of hydrogen-bond donors (Lipinski definition) is 0. The molecule has 16 heavy (non-hydrogen) atoms. The molecule has 0 N–H and O–H groups in total. The quantitative estimate of drug-likeness (QED) is 0.742. The normalized spacial score (nSPS) is 15.9. The summed E-state index contributed by atoms with van der Waals surface area (Å²) < 4.78 is 41.3. The van der Waals surface area contributed by atoms with Crippen molar-refractivity contribution in [2.75, 3.05) is 6.61 Å². The number of halogens is 3. The lowest BCUT2D eigenvalue weighted by molar-refractivity contribution is -0.137. The average Bonchev–Trinajstić information content (AvgIpc) is 2.64. The minimum Gasteiger partial charge on any atom is -0.441 e. The number of hydrogen-bond acceptors (Lipinski definition) is 2. The van der Waals surface area contributed by atoms with Gasteiger partial charge in [-0.15, -0.1) is 0 Å². The number of alkyl halides is 3. The number of nitrogens with zero attached hydrogens (tertiary/aromatic N) is 1. The molecule has 0 fully saturated rings. The van der Waals surface area contributed by atoms with Gasteiger partial charge in [0.05, 0.1) is 11.3 Å². The summed E-state index contributed by atoms with van der Waals surface area (Å²) in [5.41, 5.74) is 0.0691. The zero-order chi connectivity index (χ0) is 11.8. The summed E-state index contributed by atoms with van der Waals surface area (Å²) in [6, 6.07) is 4.43. The van der Waals surface area contributed by atoms with Crippen LogP contribution in [0.1, 0.15) is 11.1 Å². The van der Waals surface area contributed by atoms with Gasteiger partial charge in [0.15, 0.2) is 0 Å². The van der Waals surface area contributed by atoms with Gasteiger partial charge < -0.3 is 4.74 Å². The topological polar surface area (TPSA) is 38.7 Å². The minimum absolute atomic E-state index is 0.00416. The predicted molar refractivity (Wildman–Crippen MR) is 49.3 cm³/mol. The lowest BCUT2D eigenvalue weighted by Crippen LogP contribution is -2.07. The molecule has 0 aromatic heterocycles. The Morgan fingerprint density at radius 2 is 1.81 bits per heavy atom. The molecule has 0 saturated heterocycles. The molecular weight excluding hydrogens is 223 g/mol. The second-order valence-electron chi connectivity index (χ2n) is 3.19. The van der Waals surface area contributed by atoms with E-state index in [0.29, 0.717) is 11.3 Å². The van der Waals surface area contributed by atoms with Gasteiger partial charge in [-0.1, -0.05) is 12.1 Å². The Hall–Kier alpha value is -1.85. The van der Waals surface area contributed by atoms with Crippen LogP contribution in [0.5, 0.6) is 0 Å². The Morgan fingerprint density at radius 3 is 2.25 bits per heavy atom. The standard InChI is InChI=1S/C10H6F3NO2/c11-10(12,13)7-3-1-6(2-4-7)8-5-16-9(15)14-8/h1-4H,5H2. The molecule has 0 radical (unpaired) electrons. The summed E-state index contributed by atoms with van der Waals surface area (Å²) in [5, 5.41) is 0. The molecule has 1 amide bonds. The predicted octanol–water partition coefficient (Wildman–Crippen LogP) is 2.64. The molecule has 0 spiro atoms. The molecule has 0 saturated carbocycles. The summed E-state index contributed by atoms with van der Waals surface area (Å²) in [6.45, 7) is 0.00416. The SMILES string of the molecule is O=C1N=C(c2ccc(C(F)(F)F)cc2)CO1. The van der Waals surface area contributed by atoms with E-state index in [1.54, 1.807) is 0 Å². The van der Waals surface area contributed by atoms with Gasteiger partial charge >= 0.3 is 12.3 Å². The fourth-order valence-electron chi connectivity index (χ4n) is 1.30. The van der Waals surface area contributed by atoms with Crippen LogP contribution < -0.4 is 0 Å². The second-order valence-corrected chi connectivity index (χ2v) is 3.19. The smallest absolute Gasteiger partial charge is 0.434 e. The molecule has 1 heterocycles. The van der Waals surface area contributed by atoms with Gasteiger partial charge in [0.1, 0.15) is 6.61 Å².